The molecule has 0 aromatic carbocycles. The molecule has 0 bridgehead atoms. The van der Waals surface area contributed by atoms with Gasteiger partial charge in [0.2, 0.25) is 0 Å². The molecule has 1 unspecified atom stereocenters. The van der Waals surface area contributed by atoms with E-state index in [2.05, 4.69) is 28.3 Å². The van der Waals surface area contributed by atoms with Crippen LogP contribution in [0.5, 0.6) is 0 Å². The fourth-order valence-corrected chi connectivity index (χ4v) is 2.69. The molecule has 1 N–H and O–H groups in total. The number of aromatic nitrogens is 1. The lowest BCUT2D eigenvalue weighted by molar-refractivity contribution is 0.667. The molecule has 1 aliphatic rings. The lowest BCUT2D eigenvalue weighted by Gasteiger charge is -2.04. The maximum absolute atomic E-state index is 4.56. The summed E-state index contributed by atoms with van der Waals surface area (Å²) in [4.78, 5) is 8.65. The van der Waals surface area contributed by atoms with E-state index < -0.39 is 0 Å². The number of amidine groups is 1. The van der Waals surface area contributed by atoms with Gasteiger partial charge >= 0.3 is 0 Å². The third-order valence-corrected chi connectivity index (χ3v) is 3.71. The molecule has 1 saturated heterocycles. The molecule has 0 aliphatic carbocycles. The van der Waals surface area contributed by atoms with Crippen molar-refractivity contribution in [2.75, 3.05) is 12.3 Å². The molecule has 1 aliphatic heterocycles. The second kappa shape index (κ2) is 5.89. The summed E-state index contributed by atoms with van der Waals surface area (Å²) in [6.07, 6.45) is 5.85. The highest BCUT2D eigenvalue weighted by molar-refractivity contribution is 8.14. The Kier molecular flexibility index (Phi) is 4.22. The minimum absolute atomic E-state index is 0.613. The van der Waals surface area contributed by atoms with Gasteiger partial charge in [0.1, 0.15) is 0 Å². The number of hydrogen-bond donors (Lipinski definition) is 1. The van der Waals surface area contributed by atoms with E-state index in [0.717, 1.165) is 23.9 Å². The lowest BCUT2D eigenvalue weighted by Crippen LogP contribution is -2.25. The van der Waals surface area contributed by atoms with Crippen LogP contribution in [-0.2, 0) is 6.42 Å². The molecule has 1 aromatic rings. The Balaban J connectivity index is 1.78. The van der Waals surface area contributed by atoms with Gasteiger partial charge in [0.15, 0.2) is 5.17 Å². The van der Waals surface area contributed by atoms with Gasteiger partial charge in [-0.15, -0.1) is 0 Å². The average molecular weight is 235 g/mol. The first-order valence-corrected chi connectivity index (χ1v) is 6.69. The van der Waals surface area contributed by atoms with Crippen LogP contribution < -0.4 is 5.32 Å². The highest BCUT2D eigenvalue weighted by Gasteiger charge is 2.17. The minimum atomic E-state index is 0.613. The van der Waals surface area contributed by atoms with E-state index in [1.807, 2.05) is 24.0 Å². The largest absolute Gasteiger partial charge is 0.361 e. The summed E-state index contributed by atoms with van der Waals surface area (Å²) in [6, 6.07) is 4.68. The molecule has 3 nitrogen and oxygen atoms in total. The summed E-state index contributed by atoms with van der Waals surface area (Å²) in [6.45, 7) is 3.05. The summed E-state index contributed by atoms with van der Waals surface area (Å²) in [5, 5.41) is 4.53. The summed E-state index contributed by atoms with van der Waals surface area (Å²) >= 11 is 1.83. The number of pyridine rings is 1. The monoisotopic (exact) mass is 235 g/mol. The predicted octanol–water partition coefficient (Wildman–Crippen LogP) is 2.10. The van der Waals surface area contributed by atoms with Crippen molar-refractivity contribution in [1.29, 1.82) is 0 Å². The maximum Gasteiger partial charge on any atom is 0.156 e. The predicted molar refractivity (Wildman–Crippen MR) is 69.9 cm³/mol. The van der Waals surface area contributed by atoms with Crippen LogP contribution in [0.1, 0.15) is 18.9 Å². The third kappa shape index (κ3) is 3.23. The van der Waals surface area contributed by atoms with Crippen molar-refractivity contribution < 1.29 is 0 Å². The van der Waals surface area contributed by atoms with Crippen molar-refractivity contribution in [3.63, 3.8) is 0 Å². The van der Waals surface area contributed by atoms with Gasteiger partial charge < -0.3 is 5.32 Å². The van der Waals surface area contributed by atoms with E-state index in [1.165, 1.54) is 12.0 Å². The van der Waals surface area contributed by atoms with Gasteiger partial charge in [-0.3, -0.25) is 9.98 Å². The summed E-state index contributed by atoms with van der Waals surface area (Å²) < 4.78 is 0. The van der Waals surface area contributed by atoms with Gasteiger partial charge in [-0.25, -0.2) is 0 Å². The number of nitrogens with one attached hydrogen (secondary N) is 1. The molecular weight excluding hydrogens is 218 g/mol. The van der Waals surface area contributed by atoms with Gasteiger partial charge in [0, 0.05) is 30.7 Å². The Bertz CT molecular complexity index is 351. The number of nitrogens with zero attached hydrogens (tertiary/aromatic N) is 2. The number of hydrogen-bond acceptors (Lipinski definition) is 3. The molecule has 0 spiro atoms. The Hall–Kier alpha value is -1.03. The first-order chi connectivity index (χ1) is 7.88. The SMILES string of the molecule is CCC1CSC(=NCCc2cccnc2)N1. The zero-order valence-electron chi connectivity index (χ0n) is 9.52. The fourth-order valence-electron chi connectivity index (χ4n) is 1.58. The van der Waals surface area contributed by atoms with Gasteiger partial charge in [-0.1, -0.05) is 24.8 Å². The molecule has 1 aromatic heterocycles. The Labute approximate surface area is 101 Å². The van der Waals surface area contributed by atoms with E-state index in [4.69, 9.17) is 0 Å². The van der Waals surface area contributed by atoms with Crippen LogP contribution in [0.4, 0.5) is 0 Å². The first-order valence-electron chi connectivity index (χ1n) is 5.71. The zero-order valence-corrected chi connectivity index (χ0v) is 10.3. The molecule has 4 heteroatoms. The van der Waals surface area contributed by atoms with Crippen LogP contribution in [0.25, 0.3) is 0 Å². The first kappa shape index (κ1) is 11.5. The second-order valence-electron chi connectivity index (χ2n) is 3.86. The van der Waals surface area contributed by atoms with Gasteiger partial charge in [-0.2, -0.15) is 0 Å². The molecular formula is C12H17N3S. The highest BCUT2D eigenvalue weighted by atomic mass is 32.2. The van der Waals surface area contributed by atoms with Gasteiger partial charge in [0.05, 0.1) is 0 Å². The summed E-state index contributed by atoms with van der Waals surface area (Å²) in [7, 11) is 0. The fraction of sp³-hybridized carbons (Fsp3) is 0.500. The van der Waals surface area contributed by atoms with E-state index in [-0.39, 0.29) is 0 Å². The Morgan fingerprint density at radius 1 is 1.62 bits per heavy atom. The molecule has 86 valence electrons. The topological polar surface area (TPSA) is 37.3 Å². The average Bonchev–Trinajstić information content (AvgIpc) is 2.78. The quantitative estimate of drug-likeness (QED) is 0.868. The van der Waals surface area contributed by atoms with Crippen molar-refractivity contribution in [3.8, 4) is 0 Å². The van der Waals surface area contributed by atoms with Crippen molar-refractivity contribution in [3.05, 3.63) is 30.1 Å². The van der Waals surface area contributed by atoms with Gasteiger partial charge in [0.25, 0.3) is 0 Å². The maximum atomic E-state index is 4.56. The summed E-state index contributed by atoms with van der Waals surface area (Å²) in [5.74, 6) is 1.15. The molecule has 1 atom stereocenters. The van der Waals surface area contributed by atoms with Gasteiger partial charge in [-0.05, 0) is 24.5 Å². The van der Waals surface area contributed by atoms with E-state index >= 15 is 0 Å². The van der Waals surface area contributed by atoms with E-state index in [9.17, 15) is 0 Å². The Morgan fingerprint density at radius 2 is 2.56 bits per heavy atom. The molecule has 0 radical (unpaired) electrons. The molecule has 0 amide bonds. The zero-order chi connectivity index (χ0) is 11.2. The smallest absolute Gasteiger partial charge is 0.156 e. The van der Waals surface area contributed by atoms with Crippen LogP contribution in [0.2, 0.25) is 0 Å². The van der Waals surface area contributed by atoms with Crippen LogP contribution in [0.3, 0.4) is 0 Å². The number of rotatable bonds is 4. The molecule has 16 heavy (non-hydrogen) atoms. The summed E-state index contributed by atoms with van der Waals surface area (Å²) in [5.41, 5.74) is 1.25. The van der Waals surface area contributed by atoms with Crippen LogP contribution in [0, 0.1) is 0 Å². The molecule has 0 saturated carbocycles. The third-order valence-electron chi connectivity index (χ3n) is 2.62. The van der Waals surface area contributed by atoms with Crippen molar-refractivity contribution in [2.45, 2.75) is 25.8 Å². The van der Waals surface area contributed by atoms with Crippen LogP contribution in [-0.4, -0.2) is 28.5 Å². The standard InChI is InChI=1S/C12H17N3S/c1-2-11-9-16-12(15-11)14-7-5-10-4-3-6-13-8-10/h3-4,6,8,11H,2,5,7,9H2,1H3,(H,14,15). The van der Waals surface area contributed by atoms with Crippen molar-refractivity contribution in [1.82, 2.24) is 10.3 Å². The minimum Gasteiger partial charge on any atom is -0.361 e. The van der Waals surface area contributed by atoms with Crippen LogP contribution >= 0.6 is 11.8 Å². The van der Waals surface area contributed by atoms with Crippen molar-refractivity contribution in [2.24, 2.45) is 4.99 Å². The molecule has 2 heterocycles. The second-order valence-corrected chi connectivity index (χ2v) is 4.87. The normalized spacial score (nSPS) is 22.3. The van der Waals surface area contributed by atoms with Crippen LogP contribution in [0.15, 0.2) is 29.5 Å². The Morgan fingerprint density at radius 3 is 3.25 bits per heavy atom. The number of thioether (sulfide) groups is 1. The lowest BCUT2D eigenvalue weighted by atomic mass is 10.2. The van der Waals surface area contributed by atoms with E-state index in [0.29, 0.717) is 6.04 Å². The highest BCUT2D eigenvalue weighted by Crippen LogP contribution is 2.15. The molecule has 1 fully saturated rings. The van der Waals surface area contributed by atoms with E-state index in [1.54, 1.807) is 6.20 Å². The number of aliphatic imine (C=N–C) groups is 1. The van der Waals surface area contributed by atoms with Crippen molar-refractivity contribution >= 4 is 16.9 Å². The molecule has 2 rings (SSSR count).